The van der Waals surface area contributed by atoms with Gasteiger partial charge in [0.25, 0.3) is 0 Å². The summed E-state index contributed by atoms with van der Waals surface area (Å²) in [6, 6.07) is 0. The molecule has 0 spiro atoms. The van der Waals surface area contributed by atoms with E-state index in [9.17, 15) is 0 Å². The minimum atomic E-state index is 0.908. The van der Waals surface area contributed by atoms with Crippen LogP contribution in [-0.4, -0.2) is 35.9 Å². The Balaban J connectivity index is 3.34. The van der Waals surface area contributed by atoms with Crippen LogP contribution in [0.3, 0.4) is 0 Å². The van der Waals surface area contributed by atoms with Gasteiger partial charge in [0.2, 0.25) is 0 Å². The molecule has 0 aliphatic heterocycles. The number of thiol groups is 2. The van der Waals surface area contributed by atoms with E-state index in [0.717, 1.165) is 18.1 Å². The average Bonchev–Trinajstić information content (AvgIpc) is 2.43. The molecule has 0 bridgehead atoms. The van der Waals surface area contributed by atoms with Crippen molar-refractivity contribution in [2.24, 2.45) is 0 Å². The lowest BCUT2D eigenvalue weighted by Gasteiger charge is -2.19. The van der Waals surface area contributed by atoms with Crippen molar-refractivity contribution in [2.45, 2.75) is 58.3 Å². The Bertz CT molecular complexity index is 233. The average molecular weight is 303 g/mol. The molecule has 0 saturated carbocycles. The van der Waals surface area contributed by atoms with Crippen molar-refractivity contribution in [2.75, 3.05) is 31.0 Å². The van der Waals surface area contributed by atoms with Gasteiger partial charge in [-0.05, 0) is 50.0 Å². The third kappa shape index (κ3) is 14.4. The molecule has 1 nitrogen and oxygen atoms in total. The summed E-state index contributed by atoms with van der Waals surface area (Å²) in [5.74, 6) is 8.40. The zero-order valence-electron chi connectivity index (χ0n) is 12.8. The third-order valence-corrected chi connectivity index (χ3v) is 4.04. The lowest BCUT2D eigenvalue weighted by Crippen LogP contribution is -2.24. The van der Waals surface area contributed by atoms with Crippen LogP contribution in [0.4, 0.5) is 0 Å². The van der Waals surface area contributed by atoms with Crippen LogP contribution < -0.4 is 0 Å². The molecular formula is C16H32NS2+. The molecule has 0 saturated heterocycles. The highest BCUT2D eigenvalue weighted by atomic mass is 32.2. The van der Waals surface area contributed by atoms with Gasteiger partial charge in [0.05, 0.1) is 6.26 Å². The first-order valence-corrected chi connectivity index (χ1v) is 9.85. The first-order valence-electron chi connectivity index (χ1n) is 7.69. The largest absolute Gasteiger partial charge is 0.294 e. The van der Waals surface area contributed by atoms with Crippen molar-refractivity contribution < 1.29 is 0 Å². The molecule has 0 aliphatic rings. The van der Waals surface area contributed by atoms with Gasteiger partial charge in [0.15, 0.2) is 5.75 Å². The summed E-state index contributed by atoms with van der Waals surface area (Å²) in [6.07, 6.45) is 12.5. The predicted molar refractivity (Wildman–Crippen MR) is 95.4 cm³/mol. The molecule has 19 heavy (non-hydrogen) atoms. The summed E-state index contributed by atoms with van der Waals surface area (Å²) in [5.41, 5.74) is 0. The van der Waals surface area contributed by atoms with Crippen LogP contribution in [0.1, 0.15) is 58.3 Å². The van der Waals surface area contributed by atoms with Crippen molar-refractivity contribution in [1.82, 2.24) is 4.90 Å². The molecule has 0 heterocycles. The Hall–Kier alpha value is 0.220. The van der Waals surface area contributed by atoms with Gasteiger partial charge in [0, 0.05) is 12.3 Å². The molecule has 3 heteroatoms. The standard InChI is InChI=1S/C16H31NS2/c1-3-4-10-13-17(16-18)14-11-8-6-5-7-9-12-15-19-2/h18H,3-8,10-11,13-16H2,1-2H3/p+1. The number of rotatable bonds is 12. The zero-order valence-corrected chi connectivity index (χ0v) is 14.6. The monoisotopic (exact) mass is 302 g/mol. The minimum absolute atomic E-state index is 0.908. The predicted octanol–water partition coefficient (Wildman–Crippen LogP) is 3.76. The van der Waals surface area contributed by atoms with Gasteiger partial charge in [-0.1, -0.05) is 38.5 Å². The fourth-order valence-corrected chi connectivity index (χ4v) is 2.52. The number of nitrogens with zero attached hydrogens (tertiary/aromatic N) is 1. The lowest BCUT2D eigenvalue weighted by atomic mass is 10.1. The molecule has 0 unspecified atom stereocenters. The van der Waals surface area contributed by atoms with E-state index in [1.165, 1.54) is 69.8 Å². The van der Waals surface area contributed by atoms with Crippen LogP contribution in [0.5, 0.6) is 0 Å². The number of unbranched alkanes of at least 4 members (excludes halogenated alkanes) is 6. The molecule has 0 rings (SSSR count). The van der Waals surface area contributed by atoms with Crippen LogP contribution in [0, 0.1) is 11.8 Å². The number of hydrogen-bond acceptors (Lipinski definition) is 2. The number of hydrogen-bond donors (Lipinski definition) is 1. The van der Waals surface area contributed by atoms with E-state index >= 15 is 0 Å². The highest BCUT2D eigenvalue weighted by Crippen LogP contribution is 2.06. The Morgan fingerprint density at radius 2 is 1.63 bits per heavy atom. The maximum atomic E-state index is 4.42. The molecule has 0 radical (unpaired) electrons. The molecule has 0 amide bonds. The van der Waals surface area contributed by atoms with E-state index in [-0.39, 0.29) is 0 Å². The topological polar surface area (TPSA) is 3.24 Å². The van der Waals surface area contributed by atoms with Crippen molar-refractivity contribution in [1.29, 1.82) is 0 Å². The SMILES string of the molecule is CCCCCN(CS)CCCCCCC#CC[SH+]C. The fourth-order valence-electron chi connectivity index (χ4n) is 1.96. The summed E-state index contributed by atoms with van der Waals surface area (Å²) in [5, 5.41) is 0. The molecule has 0 fully saturated rings. The van der Waals surface area contributed by atoms with E-state index in [1.807, 2.05) is 0 Å². The zero-order chi connectivity index (χ0) is 14.2. The maximum Gasteiger partial charge on any atom is 0.165 e. The smallest absolute Gasteiger partial charge is 0.165 e. The third-order valence-electron chi connectivity index (χ3n) is 3.17. The van der Waals surface area contributed by atoms with Crippen LogP contribution in [0.15, 0.2) is 0 Å². The van der Waals surface area contributed by atoms with E-state index in [0.29, 0.717) is 0 Å². The summed E-state index contributed by atoms with van der Waals surface area (Å²) in [7, 11) is 0. The van der Waals surface area contributed by atoms with Gasteiger partial charge >= 0.3 is 0 Å². The summed E-state index contributed by atoms with van der Waals surface area (Å²) < 4.78 is 0. The molecule has 0 atom stereocenters. The minimum Gasteiger partial charge on any atom is -0.294 e. The van der Waals surface area contributed by atoms with E-state index in [2.05, 4.69) is 42.5 Å². The Labute approximate surface area is 130 Å². The maximum absolute atomic E-state index is 4.42. The van der Waals surface area contributed by atoms with Crippen molar-refractivity contribution in [3.05, 3.63) is 0 Å². The fraction of sp³-hybridized carbons (Fsp3) is 0.875. The highest BCUT2D eigenvalue weighted by Gasteiger charge is 2.01. The van der Waals surface area contributed by atoms with Gasteiger partial charge in [-0.2, -0.15) is 12.6 Å². The van der Waals surface area contributed by atoms with Gasteiger partial charge in [-0.25, -0.2) is 0 Å². The van der Waals surface area contributed by atoms with Crippen LogP contribution >= 0.6 is 12.6 Å². The van der Waals surface area contributed by atoms with Gasteiger partial charge in [-0.3, -0.25) is 4.90 Å². The normalized spacial score (nSPS) is 10.5. The van der Waals surface area contributed by atoms with Crippen LogP contribution in [-0.2, 0) is 11.8 Å². The second-order valence-corrected chi connectivity index (χ2v) is 6.19. The van der Waals surface area contributed by atoms with Crippen LogP contribution in [0.25, 0.3) is 0 Å². The van der Waals surface area contributed by atoms with Gasteiger partial charge < -0.3 is 0 Å². The highest BCUT2D eigenvalue weighted by molar-refractivity contribution is 7.80. The molecule has 112 valence electrons. The Morgan fingerprint density at radius 1 is 0.947 bits per heavy atom. The first-order chi connectivity index (χ1) is 9.35. The molecular weight excluding hydrogens is 270 g/mol. The van der Waals surface area contributed by atoms with E-state index < -0.39 is 0 Å². The van der Waals surface area contributed by atoms with Gasteiger partial charge in [-0.15, -0.1) is 0 Å². The Kier molecular flexibility index (Phi) is 16.5. The lowest BCUT2D eigenvalue weighted by molar-refractivity contribution is 0.305. The summed E-state index contributed by atoms with van der Waals surface area (Å²) in [6.45, 7) is 4.70. The van der Waals surface area contributed by atoms with Gasteiger partial charge in [0.1, 0.15) is 0 Å². The van der Waals surface area contributed by atoms with E-state index in [1.54, 1.807) is 0 Å². The summed E-state index contributed by atoms with van der Waals surface area (Å²) >= 11 is 5.81. The second-order valence-electron chi connectivity index (χ2n) is 4.96. The molecule has 0 aromatic rings. The molecule has 0 aromatic heterocycles. The van der Waals surface area contributed by atoms with Crippen LogP contribution in [0.2, 0.25) is 0 Å². The van der Waals surface area contributed by atoms with Crippen molar-refractivity contribution in [3.63, 3.8) is 0 Å². The molecule has 0 aliphatic carbocycles. The Morgan fingerprint density at radius 3 is 2.26 bits per heavy atom. The van der Waals surface area contributed by atoms with Crippen molar-refractivity contribution in [3.8, 4) is 11.8 Å². The molecule has 0 N–H and O–H groups in total. The molecule has 0 aromatic carbocycles. The van der Waals surface area contributed by atoms with Crippen molar-refractivity contribution >= 4 is 24.4 Å². The quantitative estimate of drug-likeness (QED) is 0.189. The second kappa shape index (κ2) is 16.3. The van der Waals surface area contributed by atoms with E-state index in [4.69, 9.17) is 0 Å². The first kappa shape index (κ1) is 19.2. The summed E-state index contributed by atoms with van der Waals surface area (Å²) in [4.78, 5) is 2.47.